The van der Waals surface area contributed by atoms with Crippen molar-refractivity contribution in [3.05, 3.63) is 11.6 Å². The molecule has 1 aromatic heterocycles. The van der Waals surface area contributed by atoms with Gasteiger partial charge in [0, 0.05) is 25.4 Å². The Morgan fingerprint density at radius 1 is 1.47 bits per heavy atom. The number of hydrogen-bond acceptors (Lipinski definition) is 4. The number of amides is 1. The summed E-state index contributed by atoms with van der Waals surface area (Å²) in [4.78, 5) is 15.9. The fourth-order valence-electron chi connectivity index (χ4n) is 2.11. The van der Waals surface area contributed by atoms with Crippen molar-refractivity contribution in [2.75, 3.05) is 0 Å². The second kappa shape index (κ2) is 6.14. The van der Waals surface area contributed by atoms with Crippen LogP contribution in [0.25, 0.3) is 0 Å². The van der Waals surface area contributed by atoms with Gasteiger partial charge in [-0.15, -0.1) is 0 Å². The lowest BCUT2D eigenvalue weighted by atomic mass is 10.2. The highest BCUT2D eigenvalue weighted by molar-refractivity contribution is 5.79. The predicted molar refractivity (Wildman–Crippen MR) is 72.5 cm³/mol. The quantitative estimate of drug-likeness (QED) is 0.712. The van der Waals surface area contributed by atoms with Crippen molar-refractivity contribution in [2.45, 2.75) is 64.6 Å². The first-order valence-corrected chi connectivity index (χ1v) is 7.12. The molecule has 1 aliphatic carbocycles. The molecule has 1 atom stereocenters. The van der Waals surface area contributed by atoms with Gasteiger partial charge in [0.05, 0.1) is 6.04 Å². The zero-order valence-electron chi connectivity index (χ0n) is 11.7. The Bertz CT molecular complexity index is 438. The normalized spacial score (nSPS) is 16.5. The van der Waals surface area contributed by atoms with Crippen LogP contribution in [-0.4, -0.2) is 32.8 Å². The van der Waals surface area contributed by atoms with Crippen molar-refractivity contribution in [1.82, 2.24) is 20.1 Å². The summed E-state index contributed by atoms with van der Waals surface area (Å²) in [7, 11) is 0. The highest BCUT2D eigenvalue weighted by Crippen LogP contribution is 2.20. The van der Waals surface area contributed by atoms with Crippen LogP contribution in [0.2, 0.25) is 0 Å². The minimum atomic E-state index is -0.277. The van der Waals surface area contributed by atoms with Crippen LogP contribution in [0.15, 0.2) is 0 Å². The lowest BCUT2D eigenvalue weighted by Gasteiger charge is -2.15. The van der Waals surface area contributed by atoms with E-state index in [1.54, 1.807) is 0 Å². The van der Waals surface area contributed by atoms with E-state index in [1.165, 1.54) is 0 Å². The first-order chi connectivity index (χ1) is 9.13. The van der Waals surface area contributed by atoms with Crippen LogP contribution < -0.4 is 11.1 Å². The van der Waals surface area contributed by atoms with Crippen molar-refractivity contribution in [3.63, 3.8) is 0 Å². The van der Waals surface area contributed by atoms with Crippen LogP contribution in [0.5, 0.6) is 0 Å². The number of aromatic nitrogens is 3. The van der Waals surface area contributed by atoms with Crippen LogP contribution in [0.4, 0.5) is 0 Å². The van der Waals surface area contributed by atoms with Gasteiger partial charge in [-0.1, -0.05) is 13.8 Å². The Hall–Kier alpha value is -1.43. The Morgan fingerprint density at radius 2 is 2.21 bits per heavy atom. The van der Waals surface area contributed by atoms with Gasteiger partial charge in [-0.3, -0.25) is 4.79 Å². The van der Waals surface area contributed by atoms with Crippen LogP contribution >= 0.6 is 0 Å². The van der Waals surface area contributed by atoms with E-state index in [-0.39, 0.29) is 11.9 Å². The Labute approximate surface area is 113 Å². The van der Waals surface area contributed by atoms with Crippen LogP contribution in [0.1, 0.15) is 44.8 Å². The van der Waals surface area contributed by atoms with Crippen LogP contribution in [0, 0.1) is 0 Å². The van der Waals surface area contributed by atoms with E-state index in [4.69, 9.17) is 5.73 Å². The number of carbonyl (C=O) groups is 1. The number of primary amides is 1. The largest absolute Gasteiger partial charge is 0.368 e. The lowest BCUT2D eigenvalue weighted by molar-refractivity contribution is -0.120. The molecule has 1 aromatic rings. The van der Waals surface area contributed by atoms with Gasteiger partial charge in [0.15, 0.2) is 5.82 Å². The van der Waals surface area contributed by atoms with Crippen molar-refractivity contribution in [3.8, 4) is 0 Å². The smallest absolute Gasteiger partial charge is 0.234 e. The summed E-state index contributed by atoms with van der Waals surface area (Å²) < 4.78 is 1.91. The maximum absolute atomic E-state index is 11.4. The van der Waals surface area contributed by atoms with Crippen molar-refractivity contribution in [2.24, 2.45) is 5.73 Å². The van der Waals surface area contributed by atoms with Crippen molar-refractivity contribution >= 4 is 5.91 Å². The predicted octanol–water partition coefficient (Wildman–Crippen LogP) is 0.399. The Balaban J connectivity index is 1.95. The number of hydrogen-bond donors (Lipinski definition) is 2. The molecule has 19 heavy (non-hydrogen) atoms. The molecule has 0 radical (unpaired) electrons. The summed E-state index contributed by atoms with van der Waals surface area (Å²) >= 11 is 0. The molecule has 1 saturated carbocycles. The summed E-state index contributed by atoms with van der Waals surface area (Å²) in [6.07, 6.45) is 4.65. The van der Waals surface area contributed by atoms with Gasteiger partial charge in [0.1, 0.15) is 5.82 Å². The second-order valence-corrected chi connectivity index (χ2v) is 5.06. The monoisotopic (exact) mass is 265 g/mol. The van der Waals surface area contributed by atoms with Gasteiger partial charge in [-0.25, -0.2) is 9.67 Å². The van der Waals surface area contributed by atoms with E-state index >= 15 is 0 Å². The maximum Gasteiger partial charge on any atom is 0.234 e. The van der Waals surface area contributed by atoms with Crippen LogP contribution in [0.3, 0.4) is 0 Å². The van der Waals surface area contributed by atoms with E-state index in [9.17, 15) is 4.79 Å². The van der Waals surface area contributed by atoms with E-state index in [2.05, 4.69) is 22.3 Å². The SMILES string of the molecule is CCc1nc(CC)n(CCC(NC2CC2)C(N)=O)n1. The summed E-state index contributed by atoms with van der Waals surface area (Å²) in [6, 6.07) is 0.219. The standard InChI is InChI=1S/C13H23N5O/c1-3-11-16-12(4-2)18(17-11)8-7-10(13(14)19)15-9-5-6-9/h9-10,15H,3-8H2,1-2H3,(H2,14,19). The lowest BCUT2D eigenvalue weighted by Crippen LogP contribution is -2.43. The average Bonchev–Trinajstić information content (AvgIpc) is 3.12. The molecule has 106 valence electrons. The van der Waals surface area contributed by atoms with Crippen molar-refractivity contribution in [1.29, 1.82) is 0 Å². The van der Waals surface area contributed by atoms with Gasteiger partial charge in [0.2, 0.25) is 5.91 Å². The van der Waals surface area contributed by atoms with Gasteiger partial charge in [0.25, 0.3) is 0 Å². The molecule has 1 unspecified atom stereocenters. The maximum atomic E-state index is 11.4. The summed E-state index contributed by atoms with van der Waals surface area (Å²) in [5.74, 6) is 1.56. The van der Waals surface area contributed by atoms with Gasteiger partial charge in [-0.2, -0.15) is 5.10 Å². The highest BCUT2D eigenvalue weighted by atomic mass is 16.1. The molecule has 1 aliphatic rings. The van der Waals surface area contributed by atoms with E-state index in [0.29, 0.717) is 19.0 Å². The number of carbonyl (C=O) groups excluding carboxylic acids is 1. The molecule has 0 aromatic carbocycles. The van der Waals surface area contributed by atoms with E-state index < -0.39 is 0 Å². The number of aryl methyl sites for hydroxylation is 3. The summed E-state index contributed by atoms with van der Waals surface area (Å²) in [5.41, 5.74) is 5.43. The molecule has 1 amide bonds. The molecule has 6 nitrogen and oxygen atoms in total. The number of rotatable bonds is 8. The molecule has 6 heteroatoms. The van der Waals surface area contributed by atoms with E-state index in [0.717, 1.165) is 37.3 Å². The minimum absolute atomic E-state index is 0.258. The Morgan fingerprint density at radius 3 is 2.74 bits per heavy atom. The molecule has 1 fully saturated rings. The fourth-order valence-corrected chi connectivity index (χ4v) is 2.11. The van der Waals surface area contributed by atoms with Crippen LogP contribution in [-0.2, 0) is 24.2 Å². The second-order valence-electron chi connectivity index (χ2n) is 5.06. The molecule has 0 aliphatic heterocycles. The van der Waals surface area contributed by atoms with Gasteiger partial charge < -0.3 is 11.1 Å². The molecule has 0 spiro atoms. The summed E-state index contributed by atoms with van der Waals surface area (Å²) in [6.45, 7) is 4.79. The molecule has 3 N–H and O–H groups in total. The number of nitrogens with zero attached hydrogens (tertiary/aromatic N) is 3. The number of nitrogens with two attached hydrogens (primary N) is 1. The van der Waals surface area contributed by atoms with E-state index in [1.807, 2.05) is 11.6 Å². The topological polar surface area (TPSA) is 85.8 Å². The average molecular weight is 265 g/mol. The first kappa shape index (κ1) is 14.0. The number of nitrogens with one attached hydrogen (secondary N) is 1. The zero-order valence-corrected chi connectivity index (χ0v) is 11.7. The third kappa shape index (κ3) is 3.76. The molecule has 0 saturated heterocycles. The first-order valence-electron chi connectivity index (χ1n) is 7.12. The minimum Gasteiger partial charge on any atom is -0.368 e. The highest BCUT2D eigenvalue weighted by Gasteiger charge is 2.27. The molecule has 1 heterocycles. The molecule has 2 rings (SSSR count). The summed E-state index contributed by atoms with van der Waals surface area (Å²) in [5, 5.41) is 7.73. The third-order valence-corrected chi connectivity index (χ3v) is 3.41. The fraction of sp³-hybridized carbons (Fsp3) is 0.769. The Kier molecular flexibility index (Phi) is 4.52. The van der Waals surface area contributed by atoms with Gasteiger partial charge >= 0.3 is 0 Å². The molecule has 0 bridgehead atoms. The van der Waals surface area contributed by atoms with Gasteiger partial charge in [-0.05, 0) is 19.3 Å². The molecular formula is C13H23N5O. The zero-order chi connectivity index (χ0) is 13.8. The molecular weight excluding hydrogens is 242 g/mol. The third-order valence-electron chi connectivity index (χ3n) is 3.41. The van der Waals surface area contributed by atoms with Crippen molar-refractivity contribution < 1.29 is 4.79 Å².